The SMILES string of the molecule is CCc1cc(C(=O)N(C)Cc2nncn2CC)on1. The maximum atomic E-state index is 12.1. The third-order valence-electron chi connectivity index (χ3n) is 2.89. The Balaban J connectivity index is 2.07. The molecule has 19 heavy (non-hydrogen) atoms. The molecule has 2 aromatic heterocycles. The van der Waals surface area contributed by atoms with Gasteiger partial charge in [-0.15, -0.1) is 10.2 Å². The van der Waals surface area contributed by atoms with Gasteiger partial charge in [-0.1, -0.05) is 12.1 Å². The fraction of sp³-hybridized carbons (Fsp3) is 0.500. The minimum Gasteiger partial charge on any atom is -0.351 e. The summed E-state index contributed by atoms with van der Waals surface area (Å²) in [4.78, 5) is 13.7. The summed E-state index contributed by atoms with van der Waals surface area (Å²) in [6.07, 6.45) is 2.39. The normalized spacial score (nSPS) is 10.7. The molecule has 1 amide bonds. The number of amides is 1. The summed E-state index contributed by atoms with van der Waals surface area (Å²) in [5.41, 5.74) is 0.772. The molecule has 0 aliphatic heterocycles. The Morgan fingerprint density at radius 3 is 2.89 bits per heavy atom. The van der Waals surface area contributed by atoms with Gasteiger partial charge in [0.15, 0.2) is 5.82 Å². The second-order valence-electron chi connectivity index (χ2n) is 4.23. The molecule has 0 unspecified atom stereocenters. The summed E-state index contributed by atoms with van der Waals surface area (Å²) in [7, 11) is 1.70. The predicted molar refractivity (Wildman–Crippen MR) is 67.4 cm³/mol. The van der Waals surface area contributed by atoms with Crippen molar-refractivity contribution < 1.29 is 9.32 Å². The van der Waals surface area contributed by atoms with Crippen molar-refractivity contribution in [3.8, 4) is 0 Å². The molecule has 2 heterocycles. The van der Waals surface area contributed by atoms with Crippen LogP contribution in [0.2, 0.25) is 0 Å². The number of aryl methyl sites for hydroxylation is 2. The van der Waals surface area contributed by atoms with Gasteiger partial charge in [0.25, 0.3) is 5.91 Å². The van der Waals surface area contributed by atoms with E-state index in [-0.39, 0.29) is 11.7 Å². The monoisotopic (exact) mass is 263 g/mol. The first-order chi connectivity index (χ1) is 9.15. The second-order valence-corrected chi connectivity index (χ2v) is 4.23. The molecule has 0 aliphatic carbocycles. The molecule has 0 atom stereocenters. The first-order valence-electron chi connectivity index (χ1n) is 6.23. The molecule has 0 saturated heterocycles. The van der Waals surface area contributed by atoms with Gasteiger partial charge in [-0.05, 0) is 13.3 Å². The van der Waals surface area contributed by atoms with E-state index in [1.807, 2.05) is 18.4 Å². The molecule has 102 valence electrons. The van der Waals surface area contributed by atoms with Gasteiger partial charge >= 0.3 is 0 Å². The number of hydrogen-bond acceptors (Lipinski definition) is 5. The van der Waals surface area contributed by atoms with Crippen LogP contribution in [0.5, 0.6) is 0 Å². The molecule has 7 heteroatoms. The highest BCUT2D eigenvalue weighted by atomic mass is 16.5. The molecule has 0 spiro atoms. The molecule has 0 radical (unpaired) electrons. The van der Waals surface area contributed by atoms with Gasteiger partial charge in [-0.3, -0.25) is 4.79 Å². The number of hydrogen-bond donors (Lipinski definition) is 0. The van der Waals surface area contributed by atoms with Crippen molar-refractivity contribution in [3.63, 3.8) is 0 Å². The molecule has 7 nitrogen and oxygen atoms in total. The standard InChI is InChI=1S/C12H17N5O2/c1-4-9-6-10(19-15-9)12(18)16(3)7-11-14-13-8-17(11)5-2/h6,8H,4-5,7H2,1-3H3. The molecule has 0 bridgehead atoms. The second kappa shape index (κ2) is 5.64. The third-order valence-corrected chi connectivity index (χ3v) is 2.89. The summed E-state index contributed by atoms with van der Waals surface area (Å²) in [6.45, 7) is 5.11. The highest BCUT2D eigenvalue weighted by molar-refractivity contribution is 5.91. The molecule has 0 aromatic carbocycles. The van der Waals surface area contributed by atoms with Gasteiger partial charge in [0.05, 0.1) is 12.2 Å². The first-order valence-corrected chi connectivity index (χ1v) is 6.23. The van der Waals surface area contributed by atoms with E-state index >= 15 is 0 Å². The summed E-state index contributed by atoms with van der Waals surface area (Å²) in [6, 6.07) is 1.67. The lowest BCUT2D eigenvalue weighted by Gasteiger charge is -2.14. The number of rotatable bonds is 5. The average Bonchev–Trinajstić information content (AvgIpc) is 3.06. The van der Waals surface area contributed by atoms with Crippen molar-refractivity contribution in [1.82, 2.24) is 24.8 Å². The van der Waals surface area contributed by atoms with Crippen LogP contribution >= 0.6 is 0 Å². The van der Waals surface area contributed by atoms with E-state index < -0.39 is 0 Å². The zero-order valence-electron chi connectivity index (χ0n) is 11.3. The summed E-state index contributed by atoms with van der Waals surface area (Å²) in [5, 5.41) is 11.6. The summed E-state index contributed by atoms with van der Waals surface area (Å²) >= 11 is 0. The van der Waals surface area contributed by atoms with Crippen LogP contribution in [0.15, 0.2) is 16.9 Å². The highest BCUT2D eigenvalue weighted by Gasteiger charge is 2.19. The van der Waals surface area contributed by atoms with Crippen LogP contribution in [0.1, 0.15) is 35.9 Å². The number of carbonyl (C=O) groups excluding carboxylic acids is 1. The van der Waals surface area contributed by atoms with Crippen molar-refractivity contribution in [1.29, 1.82) is 0 Å². The maximum absolute atomic E-state index is 12.1. The Morgan fingerprint density at radius 2 is 2.26 bits per heavy atom. The molecule has 0 saturated carbocycles. The molecular weight excluding hydrogens is 246 g/mol. The largest absolute Gasteiger partial charge is 0.351 e. The average molecular weight is 263 g/mol. The van der Waals surface area contributed by atoms with Gasteiger partial charge in [-0.2, -0.15) is 0 Å². The van der Waals surface area contributed by atoms with E-state index in [1.54, 1.807) is 19.4 Å². The lowest BCUT2D eigenvalue weighted by molar-refractivity contribution is 0.0738. The zero-order chi connectivity index (χ0) is 13.8. The molecule has 0 aliphatic rings. The van der Waals surface area contributed by atoms with E-state index in [9.17, 15) is 4.79 Å². The fourth-order valence-electron chi connectivity index (χ4n) is 1.72. The first kappa shape index (κ1) is 13.3. The fourth-order valence-corrected chi connectivity index (χ4v) is 1.72. The van der Waals surface area contributed by atoms with Crippen LogP contribution in [0.4, 0.5) is 0 Å². The Hall–Kier alpha value is -2.18. The maximum Gasteiger partial charge on any atom is 0.292 e. The van der Waals surface area contributed by atoms with Gasteiger partial charge in [0.1, 0.15) is 6.33 Å². The Bertz CT molecular complexity index is 560. The van der Waals surface area contributed by atoms with Crippen LogP contribution in [0.3, 0.4) is 0 Å². The third kappa shape index (κ3) is 2.81. The van der Waals surface area contributed by atoms with E-state index in [0.717, 1.165) is 24.5 Å². The van der Waals surface area contributed by atoms with Crippen LogP contribution in [0.25, 0.3) is 0 Å². The van der Waals surface area contributed by atoms with Gasteiger partial charge in [0, 0.05) is 19.7 Å². The van der Waals surface area contributed by atoms with Crippen LogP contribution in [-0.2, 0) is 19.5 Å². The zero-order valence-corrected chi connectivity index (χ0v) is 11.3. The van der Waals surface area contributed by atoms with Crippen molar-refractivity contribution in [2.45, 2.75) is 33.4 Å². The molecular formula is C12H17N5O2. The minimum atomic E-state index is -0.210. The van der Waals surface area contributed by atoms with Crippen molar-refractivity contribution in [3.05, 3.63) is 29.7 Å². The topological polar surface area (TPSA) is 77.0 Å². The van der Waals surface area contributed by atoms with E-state index in [1.165, 1.54) is 4.90 Å². The number of nitrogens with zero attached hydrogens (tertiary/aromatic N) is 5. The van der Waals surface area contributed by atoms with Crippen molar-refractivity contribution in [2.24, 2.45) is 0 Å². The molecule has 2 aromatic rings. The highest BCUT2D eigenvalue weighted by Crippen LogP contribution is 2.09. The number of carbonyl (C=O) groups is 1. The molecule has 0 N–H and O–H groups in total. The van der Waals surface area contributed by atoms with E-state index in [2.05, 4.69) is 15.4 Å². The Labute approximate surface area is 111 Å². The lowest BCUT2D eigenvalue weighted by Crippen LogP contribution is -2.27. The lowest BCUT2D eigenvalue weighted by atomic mass is 10.3. The summed E-state index contributed by atoms with van der Waals surface area (Å²) in [5.74, 6) is 0.786. The van der Waals surface area contributed by atoms with Crippen molar-refractivity contribution >= 4 is 5.91 Å². The smallest absolute Gasteiger partial charge is 0.292 e. The van der Waals surface area contributed by atoms with Gasteiger partial charge in [0.2, 0.25) is 5.76 Å². The quantitative estimate of drug-likeness (QED) is 0.807. The Kier molecular flexibility index (Phi) is 3.94. The number of aromatic nitrogens is 4. The van der Waals surface area contributed by atoms with Crippen LogP contribution in [-0.4, -0.2) is 37.8 Å². The molecule has 0 fully saturated rings. The van der Waals surface area contributed by atoms with Crippen molar-refractivity contribution in [2.75, 3.05) is 7.05 Å². The minimum absolute atomic E-state index is 0.210. The molecule has 2 rings (SSSR count). The Morgan fingerprint density at radius 1 is 1.47 bits per heavy atom. The van der Waals surface area contributed by atoms with Gasteiger partial charge in [-0.25, -0.2) is 0 Å². The van der Waals surface area contributed by atoms with Crippen LogP contribution < -0.4 is 0 Å². The van der Waals surface area contributed by atoms with E-state index in [0.29, 0.717) is 6.54 Å². The summed E-state index contributed by atoms with van der Waals surface area (Å²) < 4.78 is 6.92. The van der Waals surface area contributed by atoms with Gasteiger partial charge < -0.3 is 14.0 Å². The van der Waals surface area contributed by atoms with E-state index in [4.69, 9.17) is 4.52 Å². The van der Waals surface area contributed by atoms with Crippen LogP contribution in [0, 0.1) is 0 Å². The predicted octanol–water partition coefficient (Wildman–Crippen LogP) is 1.12.